The quantitative estimate of drug-likeness (QED) is 0.855. The number of H-pyrrole nitrogens is 1. The van der Waals surface area contributed by atoms with Gasteiger partial charge in [0.05, 0.1) is 10.9 Å². The van der Waals surface area contributed by atoms with E-state index >= 15 is 0 Å². The zero-order valence-corrected chi connectivity index (χ0v) is 15.5. The first-order valence-corrected chi connectivity index (χ1v) is 9.34. The Balaban J connectivity index is 1.78. The van der Waals surface area contributed by atoms with Crippen molar-refractivity contribution in [3.63, 3.8) is 0 Å². The van der Waals surface area contributed by atoms with Gasteiger partial charge < -0.3 is 10.2 Å². The van der Waals surface area contributed by atoms with Gasteiger partial charge in [-0.25, -0.2) is 4.98 Å². The zero-order valence-electron chi connectivity index (χ0n) is 14.7. The van der Waals surface area contributed by atoms with Crippen LogP contribution in [-0.4, -0.2) is 44.5 Å². The standard InChI is InChI=1S/C17H23N5O2S/c1-10(2)7-15(23)19-12-8-13(16-18-11(3)20-21-16)22(9-12)17(24)14-5-4-6-25-14/h4-6,10,12-13H,7-9H2,1-3H3,(H,19,23)(H,18,20,21)/t12-,13-/m0/s1. The van der Waals surface area contributed by atoms with Gasteiger partial charge in [0.1, 0.15) is 5.82 Å². The number of nitrogens with zero attached hydrogens (tertiary/aromatic N) is 3. The molecule has 0 saturated carbocycles. The minimum atomic E-state index is -0.233. The lowest BCUT2D eigenvalue weighted by molar-refractivity contribution is -0.122. The SMILES string of the molecule is Cc1nc([C@@H]2C[C@H](NC(=O)CC(C)C)CN2C(=O)c2cccs2)n[nH]1. The molecule has 3 heterocycles. The average Bonchev–Trinajstić information content (AvgIpc) is 3.25. The zero-order chi connectivity index (χ0) is 18.0. The van der Waals surface area contributed by atoms with E-state index in [0.717, 1.165) is 0 Å². The van der Waals surface area contributed by atoms with Crippen LogP contribution in [0.5, 0.6) is 0 Å². The van der Waals surface area contributed by atoms with Gasteiger partial charge in [-0.05, 0) is 30.7 Å². The fraction of sp³-hybridized carbons (Fsp3) is 0.529. The average molecular weight is 361 g/mol. The Bertz CT molecular complexity index is 740. The van der Waals surface area contributed by atoms with Gasteiger partial charge >= 0.3 is 0 Å². The molecule has 2 aromatic heterocycles. The molecule has 25 heavy (non-hydrogen) atoms. The van der Waals surface area contributed by atoms with Gasteiger partial charge in [-0.15, -0.1) is 11.3 Å². The van der Waals surface area contributed by atoms with Gasteiger partial charge in [0, 0.05) is 19.0 Å². The molecule has 0 aliphatic carbocycles. The van der Waals surface area contributed by atoms with E-state index in [1.165, 1.54) is 11.3 Å². The Morgan fingerprint density at radius 3 is 2.88 bits per heavy atom. The lowest BCUT2D eigenvalue weighted by Gasteiger charge is -2.21. The van der Waals surface area contributed by atoms with Crippen LogP contribution in [0.25, 0.3) is 0 Å². The molecule has 8 heteroatoms. The Hall–Kier alpha value is -2.22. The number of aryl methyl sites for hydroxylation is 1. The smallest absolute Gasteiger partial charge is 0.264 e. The van der Waals surface area contributed by atoms with Crippen molar-refractivity contribution in [2.24, 2.45) is 5.92 Å². The minimum Gasteiger partial charge on any atom is -0.351 e. The molecule has 0 unspecified atom stereocenters. The predicted molar refractivity (Wildman–Crippen MR) is 95.2 cm³/mol. The lowest BCUT2D eigenvalue weighted by Crippen LogP contribution is -2.38. The van der Waals surface area contributed by atoms with Crippen LogP contribution in [0.4, 0.5) is 0 Å². The summed E-state index contributed by atoms with van der Waals surface area (Å²) < 4.78 is 0. The Morgan fingerprint density at radius 2 is 2.28 bits per heavy atom. The van der Waals surface area contributed by atoms with E-state index in [1.807, 2.05) is 38.3 Å². The van der Waals surface area contributed by atoms with Crippen LogP contribution in [-0.2, 0) is 4.79 Å². The van der Waals surface area contributed by atoms with Crippen LogP contribution in [0.1, 0.15) is 54.1 Å². The molecule has 0 bridgehead atoms. The molecule has 1 aliphatic heterocycles. The van der Waals surface area contributed by atoms with Crippen molar-refractivity contribution in [1.29, 1.82) is 0 Å². The van der Waals surface area contributed by atoms with Crippen molar-refractivity contribution in [3.8, 4) is 0 Å². The number of hydrogen-bond donors (Lipinski definition) is 2. The predicted octanol–water partition coefficient (Wildman–Crippen LogP) is 2.29. The lowest BCUT2D eigenvalue weighted by atomic mass is 10.1. The molecule has 0 aromatic carbocycles. The van der Waals surface area contributed by atoms with E-state index in [1.54, 1.807) is 4.90 Å². The molecule has 1 saturated heterocycles. The first kappa shape index (κ1) is 17.6. The van der Waals surface area contributed by atoms with Crippen LogP contribution in [0.2, 0.25) is 0 Å². The number of thiophene rings is 1. The second-order valence-corrected chi connectivity index (χ2v) is 7.78. The van der Waals surface area contributed by atoms with E-state index in [9.17, 15) is 9.59 Å². The fourth-order valence-corrected chi connectivity index (χ4v) is 3.80. The van der Waals surface area contributed by atoms with Gasteiger partial charge in [0.2, 0.25) is 5.91 Å². The highest BCUT2D eigenvalue weighted by molar-refractivity contribution is 7.12. The molecule has 2 aromatic rings. The van der Waals surface area contributed by atoms with Crippen molar-refractivity contribution in [3.05, 3.63) is 34.0 Å². The van der Waals surface area contributed by atoms with Crippen molar-refractivity contribution in [1.82, 2.24) is 25.4 Å². The van der Waals surface area contributed by atoms with Crippen LogP contribution < -0.4 is 5.32 Å². The summed E-state index contributed by atoms with van der Waals surface area (Å²) in [5.41, 5.74) is 0. The molecule has 1 aliphatic rings. The van der Waals surface area contributed by atoms with Crippen molar-refractivity contribution in [2.75, 3.05) is 6.54 Å². The van der Waals surface area contributed by atoms with E-state index in [0.29, 0.717) is 41.8 Å². The van der Waals surface area contributed by atoms with E-state index in [2.05, 4.69) is 20.5 Å². The normalized spacial score (nSPS) is 20.2. The van der Waals surface area contributed by atoms with Gasteiger partial charge in [-0.1, -0.05) is 19.9 Å². The molecule has 2 atom stereocenters. The summed E-state index contributed by atoms with van der Waals surface area (Å²) in [5.74, 6) is 1.60. The van der Waals surface area contributed by atoms with Crippen LogP contribution in [0.3, 0.4) is 0 Å². The second-order valence-electron chi connectivity index (χ2n) is 6.83. The second kappa shape index (κ2) is 7.35. The van der Waals surface area contributed by atoms with Crippen molar-refractivity contribution >= 4 is 23.2 Å². The molecule has 2 amide bonds. The maximum absolute atomic E-state index is 12.9. The summed E-state index contributed by atoms with van der Waals surface area (Å²) in [7, 11) is 0. The highest BCUT2D eigenvalue weighted by atomic mass is 32.1. The van der Waals surface area contributed by atoms with Crippen LogP contribution in [0, 0.1) is 12.8 Å². The van der Waals surface area contributed by atoms with Gasteiger partial charge in [0.25, 0.3) is 5.91 Å². The molecular formula is C17H23N5O2S. The Labute approximate surface area is 150 Å². The molecule has 134 valence electrons. The Kier molecular flexibility index (Phi) is 5.17. The van der Waals surface area contributed by atoms with E-state index in [4.69, 9.17) is 0 Å². The van der Waals surface area contributed by atoms with Gasteiger partial charge in [0.15, 0.2) is 5.82 Å². The Morgan fingerprint density at radius 1 is 1.48 bits per heavy atom. The number of hydrogen-bond acceptors (Lipinski definition) is 5. The van der Waals surface area contributed by atoms with Crippen molar-refractivity contribution in [2.45, 2.75) is 45.7 Å². The summed E-state index contributed by atoms with van der Waals surface area (Å²) in [6, 6.07) is 3.36. The van der Waals surface area contributed by atoms with Gasteiger partial charge in [-0.2, -0.15) is 5.10 Å². The van der Waals surface area contributed by atoms with Crippen LogP contribution >= 0.6 is 11.3 Å². The summed E-state index contributed by atoms with van der Waals surface area (Å²) in [6.45, 7) is 6.33. The topological polar surface area (TPSA) is 91.0 Å². The highest BCUT2D eigenvalue weighted by Crippen LogP contribution is 2.32. The number of likely N-dealkylation sites (tertiary alicyclic amines) is 1. The van der Waals surface area contributed by atoms with Crippen LogP contribution in [0.15, 0.2) is 17.5 Å². The monoisotopic (exact) mass is 361 g/mol. The first-order valence-electron chi connectivity index (χ1n) is 8.46. The summed E-state index contributed by atoms with van der Waals surface area (Å²) >= 11 is 1.42. The minimum absolute atomic E-state index is 0.0235. The molecule has 2 N–H and O–H groups in total. The van der Waals surface area contributed by atoms with Crippen molar-refractivity contribution < 1.29 is 9.59 Å². The largest absolute Gasteiger partial charge is 0.351 e. The number of rotatable bonds is 5. The molecule has 3 rings (SSSR count). The van der Waals surface area contributed by atoms with Gasteiger partial charge in [-0.3, -0.25) is 14.7 Å². The summed E-state index contributed by atoms with van der Waals surface area (Å²) in [5, 5.41) is 12.0. The molecule has 1 fully saturated rings. The first-order chi connectivity index (χ1) is 11.9. The number of carbonyl (C=O) groups is 2. The molecule has 7 nitrogen and oxygen atoms in total. The third-order valence-electron chi connectivity index (χ3n) is 4.17. The fourth-order valence-electron chi connectivity index (χ4n) is 3.12. The molecule has 0 spiro atoms. The molecule has 0 radical (unpaired) electrons. The number of nitrogens with one attached hydrogen (secondary N) is 2. The number of aromatic amines is 1. The van der Waals surface area contributed by atoms with E-state index in [-0.39, 0.29) is 23.9 Å². The third kappa shape index (κ3) is 4.07. The summed E-state index contributed by atoms with van der Waals surface area (Å²) in [4.78, 5) is 31.8. The third-order valence-corrected chi connectivity index (χ3v) is 5.02. The van der Waals surface area contributed by atoms with E-state index < -0.39 is 0 Å². The number of aromatic nitrogens is 3. The maximum atomic E-state index is 12.9. The summed E-state index contributed by atoms with van der Waals surface area (Å²) in [6.07, 6.45) is 1.11. The number of carbonyl (C=O) groups excluding carboxylic acids is 2. The highest BCUT2D eigenvalue weighted by Gasteiger charge is 2.39. The maximum Gasteiger partial charge on any atom is 0.264 e. The number of amides is 2. The molecular weight excluding hydrogens is 338 g/mol.